The van der Waals surface area contributed by atoms with Crippen LogP contribution in [-0.2, 0) is 0 Å². The summed E-state index contributed by atoms with van der Waals surface area (Å²) in [4.78, 5) is 10.7. The summed E-state index contributed by atoms with van der Waals surface area (Å²) in [5.74, 6) is 1.73. The Labute approximate surface area is 98.7 Å². The number of methoxy groups -OCH3 is 1. The number of H-pyrrole nitrogens is 2. The van der Waals surface area contributed by atoms with Crippen LogP contribution in [0.5, 0.6) is 5.75 Å². The van der Waals surface area contributed by atoms with Gasteiger partial charge in [0.1, 0.15) is 5.75 Å². The third-order valence-corrected chi connectivity index (χ3v) is 3.00. The zero-order chi connectivity index (χ0) is 11.8. The predicted octanol–water partition coefficient (Wildman–Crippen LogP) is 2.88. The van der Waals surface area contributed by atoms with E-state index >= 15 is 0 Å². The van der Waals surface area contributed by atoms with Crippen LogP contribution in [0.15, 0.2) is 30.6 Å². The first-order valence-electron chi connectivity index (χ1n) is 5.45. The van der Waals surface area contributed by atoms with Crippen molar-refractivity contribution >= 4 is 10.9 Å². The molecule has 0 spiro atoms. The zero-order valence-corrected chi connectivity index (χ0v) is 9.74. The number of imidazole rings is 1. The van der Waals surface area contributed by atoms with Crippen molar-refractivity contribution in [1.29, 1.82) is 0 Å². The number of nitrogens with one attached hydrogen (secondary N) is 2. The first-order valence-corrected chi connectivity index (χ1v) is 5.45. The van der Waals surface area contributed by atoms with Crippen LogP contribution < -0.4 is 4.74 Å². The Bertz CT molecular complexity index is 653. The third kappa shape index (κ3) is 1.49. The molecule has 0 amide bonds. The van der Waals surface area contributed by atoms with Crippen LogP contribution in [0.25, 0.3) is 22.4 Å². The normalized spacial score (nSPS) is 10.9. The lowest BCUT2D eigenvalue weighted by Crippen LogP contribution is -1.82. The topological polar surface area (TPSA) is 53.7 Å². The average molecular weight is 227 g/mol. The molecule has 2 aromatic heterocycles. The molecule has 86 valence electrons. The number of aromatic amines is 2. The highest BCUT2D eigenvalue weighted by atomic mass is 16.5. The van der Waals surface area contributed by atoms with E-state index in [9.17, 15) is 0 Å². The maximum absolute atomic E-state index is 5.24. The third-order valence-electron chi connectivity index (χ3n) is 3.00. The summed E-state index contributed by atoms with van der Waals surface area (Å²) >= 11 is 0. The van der Waals surface area contributed by atoms with Gasteiger partial charge in [0.05, 0.1) is 12.8 Å². The quantitative estimate of drug-likeness (QED) is 0.707. The van der Waals surface area contributed by atoms with Crippen molar-refractivity contribution in [2.75, 3.05) is 7.11 Å². The summed E-state index contributed by atoms with van der Waals surface area (Å²) in [7, 11) is 1.68. The van der Waals surface area contributed by atoms with E-state index in [1.165, 1.54) is 5.56 Å². The van der Waals surface area contributed by atoms with Crippen molar-refractivity contribution in [1.82, 2.24) is 15.0 Å². The van der Waals surface area contributed by atoms with Gasteiger partial charge in [-0.1, -0.05) is 0 Å². The van der Waals surface area contributed by atoms with E-state index in [0.29, 0.717) is 0 Å². The van der Waals surface area contributed by atoms with E-state index in [0.717, 1.165) is 28.2 Å². The zero-order valence-electron chi connectivity index (χ0n) is 9.74. The van der Waals surface area contributed by atoms with Gasteiger partial charge in [0, 0.05) is 23.3 Å². The highest BCUT2D eigenvalue weighted by Crippen LogP contribution is 2.30. The fourth-order valence-corrected chi connectivity index (χ4v) is 2.07. The van der Waals surface area contributed by atoms with E-state index < -0.39 is 0 Å². The molecule has 3 rings (SSSR count). The molecule has 2 heterocycles. The Morgan fingerprint density at radius 3 is 2.88 bits per heavy atom. The number of nitrogens with zero attached hydrogens (tertiary/aromatic N) is 1. The van der Waals surface area contributed by atoms with E-state index in [-0.39, 0.29) is 0 Å². The van der Waals surface area contributed by atoms with Crippen molar-refractivity contribution in [2.45, 2.75) is 6.92 Å². The fourth-order valence-electron chi connectivity index (χ4n) is 2.07. The maximum Gasteiger partial charge on any atom is 0.154 e. The molecule has 0 fully saturated rings. The van der Waals surface area contributed by atoms with E-state index in [1.54, 1.807) is 13.3 Å². The van der Waals surface area contributed by atoms with E-state index in [1.807, 2.05) is 24.4 Å². The van der Waals surface area contributed by atoms with Crippen molar-refractivity contribution in [3.05, 3.63) is 36.2 Å². The average Bonchev–Trinajstić information content (AvgIpc) is 2.97. The first kappa shape index (κ1) is 9.96. The summed E-state index contributed by atoms with van der Waals surface area (Å²) in [6.45, 7) is 2.08. The minimum atomic E-state index is 0.859. The van der Waals surface area contributed by atoms with Crippen LogP contribution in [0.4, 0.5) is 0 Å². The molecule has 4 heteroatoms. The van der Waals surface area contributed by atoms with Crippen LogP contribution in [0, 0.1) is 6.92 Å². The van der Waals surface area contributed by atoms with Crippen LogP contribution in [0.2, 0.25) is 0 Å². The summed E-state index contributed by atoms with van der Waals surface area (Å²) in [6.07, 6.45) is 3.57. The molecule has 0 atom stereocenters. The fraction of sp³-hybridized carbons (Fsp3) is 0.154. The first-order chi connectivity index (χ1) is 8.29. The standard InChI is InChI=1S/C13H13N3O/c1-8-10-7-9(17-2)3-4-11(10)16-12(8)13-14-5-6-15-13/h3-7,16H,1-2H3,(H,14,15). The van der Waals surface area contributed by atoms with E-state index in [2.05, 4.69) is 21.9 Å². The minimum Gasteiger partial charge on any atom is -0.497 e. The Morgan fingerprint density at radius 2 is 2.18 bits per heavy atom. The Balaban J connectivity index is 2.25. The van der Waals surface area contributed by atoms with Gasteiger partial charge < -0.3 is 14.7 Å². The number of hydrogen-bond donors (Lipinski definition) is 2. The molecule has 0 aliphatic carbocycles. The summed E-state index contributed by atoms with van der Waals surface area (Å²) in [5.41, 5.74) is 3.29. The molecule has 4 nitrogen and oxygen atoms in total. The second kappa shape index (κ2) is 3.66. The second-order valence-electron chi connectivity index (χ2n) is 3.97. The minimum absolute atomic E-state index is 0.859. The molecule has 0 aliphatic heterocycles. The van der Waals surface area contributed by atoms with Gasteiger partial charge in [0.2, 0.25) is 0 Å². The Kier molecular flexibility index (Phi) is 2.14. The lowest BCUT2D eigenvalue weighted by Gasteiger charge is -1.99. The molecule has 0 bridgehead atoms. The smallest absolute Gasteiger partial charge is 0.154 e. The van der Waals surface area contributed by atoms with Crippen LogP contribution in [-0.4, -0.2) is 22.1 Å². The molecule has 17 heavy (non-hydrogen) atoms. The molecule has 0 saturated heterocycles. The Morgan fingerprint density at radius 1 is 1.29 bits per heavy atom. The molecule has 0 unspecified atom stereocenters. The van der Waals surface area contributed by atoms with Crippen molar-refractivity contribution in [3.8, 4) is 17.3 Å². The van der Waals surface area contributed by atoms with Gasteiger partial charge in [0.25, 0.3) is 0 Å². The number of aryl methyl sites for hydroxylation is 1. The SMILES string of the molecule is COc1ccc2[nH]c(-c3ncc[nH]3)c(C)c2c1. The number of aromatic nitrogens is 3. The lowest BCUT2D eigenvalue weighted by molar-refractivity contribution is 0.415. The highest BCUT2D eigenvalue weighted by Gasteiger charge is 2.11. The van der Waals surface area contributed by atoms with Crippen LogP contribution in [0.3, 0.4) is 0 Å². The van der Waals surface area contributed by atoms with Gasteiger partial charge in [-0.25, -0.2) is 4.98 Å². The second-order valence-corrected chi connectivity index (χ2v) is 3.97. The molecule has 0 radical (unpaired) electrons. The monoisotopic (exact) mass is 227 g/mol. The van der Waals surface area contributed by atoms with Crippen molar-refractivity contribution < 1.29 is 4.74 Å². The van der Waals surface area contributed by atoms with Gasteiger partial charge in [-0.2, -0.15) is 0 Å². The Hall–Kier alpha value is -2.23. The van der Waals surface area contributed by atoms with Gasteiger partial charge in [-0.05, 0) is 30.7 Å². The molecule has 0 aliphatic rings. The molecule has 2 N–H and O–H groups in total. The predicted molar refractivity (Wildman–Crippen MR) is 67.2 cm³/mol. The van der Waals surface area contributed by atoms with Crippen LogP contribution >= 0.6 is 0 Å². The number of ether oxygens (including phenoxy) is 1. The number of fused-ring (bicyclic) bond motifs is 1. The molecule has 0 saturated carbocycles. The lowest BCUT2D eigenvalue weighted by atomic mass is 10.1. The number of benzene rings is 1. The van der Waals surface area contributed by atoms with Crippen molar-refractivity contribution in [3.63, 3.8) is 0 Å². The number of hydrogen-bond acceptors (Lipinski definition) is 2. The molecule has 3 aromatic rings. The van der Waals surface area contributed by atoms with Gasteiger partial charge in [0.15, 0.2) is 5.82 Å². The van der Waals surface area contributed by atoms with Gasteiger partial charge in [-0.3, -0.25) is 0 Å². The number of rotatable bonds is 2. The summed E-state index contributed by atoms with van der Waals surface area (Å²) < 4.78 is 5.24. The largest absolute Gasteiger partial charge is 0.497 e. The molecular weight excluding hydrogens is 214 g/mol. The molecule has 1 aromatic carbocycles. The summed E-state index contributed by atoms with van der Waals surface area (Å²) in [6, 6.07) is 6.01. The summed E-state index contributed by atoms with van der Waals surface area (Å²) in [5, 5.41) is 1.16. The van der Waals surface area contributed by atoms with Crippen LogP contribution in [0.1, 0.15) is 5.56 Å². The van der Waals surface area contributed by atoms with Crippen molar-refractivity contribution in [2.24, 2.45) is 0 Å². The van der Waals surface area contributed by atoms with Gasteiger partial charge >= 0.3 is 0 Å². The van der Waals surface area contributed by atoms with E-state index in [4.69, 9.17) is 4.74 Å². The maximum atomic E-state index is 5.24. The molecular formula is C13H13N3O. The highest BCUT2D eigenvalue weighted by molar-refractivity contribution is 5.90. The van der Waals surface area contributed by atoms with Gasteiger partial charge in [-0.15, -0.1) is 0 Å².